The van der Waals surface area contributed by atoms with E-state index in [2.05, 4.69) is 41.7 Å². The highest BCUT2D eigenvalue weighted by Gasteiger charge is 2.23. The lowest BCUT2D eigenvalue weighted by Gasteiger charge is -2.20. The fraction of sp³-hybridized carbons (Fsp3) is 0.533. The molecule has 0 saturated carbocycles. The third kappa shape index (κ3) is 2.35. The highest BCUT2D eigenvalue weighted by Crippen LogP contribution is 2.32. The van der Waals surface area contributed by atoms with Crippen molar-refractivity contribution in [3.63, 3.8) is 0 Å². The normalized spacial score (nSPS) is 20.9. The second-order valence-corrected chi connectivity index (χ2v) is 6.88. The van der Waals surface area contributed by atoms with Crippen molar-refractivity contribution in [3.05, 3.63) is 39.6 Å². The summed E-state index contributed by atoms with van der Waals surface area (Å²) in [6.07, 6.45) is 6.49. The summed E-state index contributed by atoms with van der Waals surface area (Å²) in [5.74, 6) is 0. The standard InChI is InChI=1S/C15H21N3S/c1-10-7-13(12(3)19-10)11(2)18-9-16-8-15(18)14-5-4-6-17-14/h7-9,11,14,17H,4-6H2,1-3H3. The van der Waals surface area contributed by atoms with Gasteiger partial charge in [-0.2, -0.15) is 0 Å². The lowest BCUT2D eigenvalue weighted by Crippen LogP contribution is -2.19. The van der Waals surface area contributed by atoms with Crippen LogP contribution in [0.5, 0.6) is 0 Å². The molecule has 0 amide bonds. The quantitative estimate of drug-likeness (QED) is 0.927. The molecule has 2 unspecified atom stereocenters. The van der Waals surface area contributed by atoms with Crippen LogP contribution in [-0.2, 0) is 0 Å². The van der Waals surface area contributed by atoms with Crippen LogP contribution in [0, 0.1) is 13.8 Å². The van der Waals surface area contributed by atoms with Crippen LogP contribution < -0.4 is 5.32 Å². The van der Waals surface area contributed by atoms with Gasteiger partial charge in [0.2, 0.25) is 0 Å². The first-order chi connectivity index (χ1) is 9.16. The number of imidazole rings is 1. The summed E-state index contributed by atoms with van der Waals surface area (Å²) < 4.78 is 2.33. The zero-order valence-electron chi connectivity index (χ0n) is 11.8. The minimum atomic E-state index is 0.366. The van der Waals surface area contributed by atoms with Crippen LogP contribution in [0.4, 0.5) is 0 Å². The molecule has 2 aromatic heterocycles. The number of rotatable bonds is 3. The molecule has 1 aliphatic rings. The molecule has 0 bridgehead atoms. The van der Waals surface area contributed by atoms with Gasteiger partial charge in [-0.15, -0.1) is 11.3 Å². The molecular formula is C15H21N3S. The van der Waals surface area contributed by atoms with Crippen molar-refractivity contribution in [2.75, 3.05) is 6.54 Å². The number of aryl methyl sites for hydroxylation is 2. The summed E-state index contributed by atoms with van der Waals surface area (Å²) in [6, 6.07) is 3.16. The lowest BCUT2D eigenvalue weighted by atomic mass is 10.1. The monoisotopic (exact) mass is 275 g/mol. The number of nitrogens with zero attached hydrogens (tertiary/aromatic N) is 2. The van der Waals surface area contributed by atoms with E-state index in [9.17, 15) is 0 Å². The summed E-state index contributed by atoms with van der Waals surface area (Å²) in [6.45, 7) is 7.80. The Labute approximate surface area is 118 Å². The van der Waals surface area contributed by atoms with Gasteiger partial charge >= 0.3 is 0 Å². The second kappa shape index (κ2) is 5.10. The first kappa shape index (κ1) is 12.9. The van der Waals surface area contributed by atoms with Gasteiger partial charge in [0.05, 0.1) is 18.1 Å². The van der Waals surface area contributed by atoms with Crippen molar-refractivity contribution in [2.24, 2.45) is 0 Å². The zero-order chi connectivity index (χ0) is 13.4. The second-order valence-electron chi connectivity index (χ2n) is 5.42. The predicted molar refractivity (Wildman–Crippen MR) is 79.8 cm³/mol. The molecule has 2 aromatic rings. The fourth-order valence-corrected chi connectivity index (χ4v) is 4.08. The van der Waals surface area contributed by atoms with Crippen LogP contribution in [0.25, 0.3) is 0 Å². The zero-order valence-corrected chi connectivity index (χ0v) is 12.6. The number of hydrogen-bond acceptors (Lipinski definition) is 3. The van der Waals surface area contributed by atoms with Gasteiger partial charge in [-0.05, 0) is 51.8 Å². The molecule has 102 valence electrons. The minimum absolute atomic E-state index is 0.366. The van der Waals surface area contributed by atoms with E-state index < -0.39 is 0 Å². The van der Waals surface area contributed by atoms with E-state index in [1.807, 2.05) is 23.9 Å². The van der Waals surface area contributed by atoms with E-state index in [0.717, 1.165) is 6.54 Å². The van der Waals surface area contributed by atoms with Gasteiger partial charge in [0.15, 0.2) is 0 Å². The van der Waals surface area contributed by atoms with Crippen LogP contribution in [-0.4, -0.2) is 16.1 Å². The summed E-state index contributed by atoms with van der Waals surface area (Å²) in [7, 11) is 0. The molecule has 0 radical (unpaired) electrons. The molecule has 3 heterocycles. The van der Waals surface area contributed by atoms with Gasteiger partial charge in [0.25, 0.3) is 0 Å². The van der Waals surface area contributed by atoms with Crippen molar-refractivity contribution in [3.8, 4) is 0 Å². The van der Waals surface area contributed by atoms with E-state index in [0.29, 0.717) is 12.1 Å². The largest absolute Gasteiger partial charge is 0.326 e. The Bertz CT molecular complexity index is 564. The molecule has 0 spiro atoms. The van der Waals surface area contributed by atoms with Gasteiger partial charge in [0.1, 0.15) is 0 Å². The Morgan fingerprint density at radius 3 is 2.95 bits per heavy atom. The van der Waals surface area contributed by atoms with Crippen LogP contribution in [0.3, 0.4) is 0 Å². The summed E-state index contributed by atoms with van der Waals surface area (Å²) >= 11 is 1.88. The molecule has 3 nitrogen and oxygen atoms in total. The summed E-state index contributed by atoms with van der Waals surface area (Å²) in [4.78, 5) is 7.19. The summed E-state index contributed by atoms with van der Waals surface area (Å²) in [5.41, 5.74) is 2.76. The number of aromatic nitrogens is 2. The molecule has 4 heteroatoms. The highest BCUT2D eigenvalue weighted by molar-refractivity contribution is 7.12. The van der Waals surface area contributed by atoms with E-state index in [4.69, 9.17) is 0 Å². The Morgan fingerprint density at radius 1 is 1.47 bits per heavy atom. The Balaban J connectivity index is 1.93. The Hall–Kier alpha value is -1.13. The molecule has 1 aliphatic heterocycles. The van der Waals surface area contributed by atoms with E-state index in [1.165, 1.54) is 33.9 Å². The molecule has 19 heavy (non-hydrogen) atoms. The molecule has 3 rings (SSSR count). The first-order valence-corrected chi connectivity index (χ1v) is 7.80. The third-order valence-electron chi connectivity index (χ3n) is 4.06. The molecule has 1 N–H and O–H groups in total. The van der Waals surface area contributed by atoms with Gasteiger partial charge in [-0.25, -0.2) is 4.98 Å². The fourth-order valence-electron chi connectivity index (χ4n) is 3.06. The Morgan fingerprint density at radius 2 is 2.32 bits per heavy atom. The molecule has 2 atom stereocenters. The maximum Gasteiger partial charge on any atom is 0.0954 e. The van der Waals surface area contributed by atoms with E-state index in [1.54, 1.807) is 0 Å². The SMILES string of the molecule is Cc1cc(C(C)n2cncc2C2CCCN2)c(C)s1. The van der Waals surface area contributed by atoms with Crippen LogP contribution >= 0.6 is 11.3 Å². The van der Waals surface area contributed by atoms with Gasteiger partial charge in [-0.1, -0.05) is 0 Å². The average Bonchev–Trinajstić information content (AvgIpc) is 3.06. The van der Waals surface area contributed by atoms with Gasteiger partial charge < -0.3 is 9.88 Å². The lowest BCUT2D eigenvalue weighted by molar-refractivity contribution is 0.538. The molecule has 0 aliphatic carbocycles. The van der Waals surface area contributed by atoms with Crippen molar-refractivity contribution in [1.82, 2.24) is 14.9 Å². The topological polar surface area (TPSA) is 29.9 Å². The van der Waals surface area contributed by atoms with E-state index in [-0.39, 0.29) is 0 Å². The van der Waals surface area contributed by atoms with Crippen LogP contribution in [0.1, 0.15) is 52.9 Å². The smallest absolute Gasteiger partial charge is 0.0954 e. The average molecular weight is 275 g/mol. The van der Waals surface area contributed by atoms with Crippen molar-refractivity contribution < 1.29 is 0 Å². The van der Waals surface area contributed by atoms with Crippen molar-refractivity contribution in [1.29, 1.82) is 0 Å². The van der Waals surface area contributed by atoms with Crippen LogP contribution in [0.2, 0.25) is 0 Å². The first-order valence-electron chi connectivity index (χ1n) is 6.99. The summed E-state index contributed by atoms with van der Waals surface area (Å²) in [5, 5.41) is 3.57. The van der Waals surface area contributed by atoms with Crippen molar-refractivity contribution >= 4 is 11.3 Å². The minimum Gasteiger partial charge on any atom is -0.326 e. The maximum atomic E-state index is 4.38. The van der Waals surface area contributed by atoms with E-state index >= 15 is 0 Å². The predicted octanol–water partition coefficient (Wildman–Crippen LogP) is 3.60. The number of hydrogen-bond donors (Lipinski definition) is 1. The molecular weight excluding hydrogens is 254 g/mol. The number of thiophene rings is 1. The van der Waals surface area contributed by atoms with Gasteiger partial charge in [-0.3, -0.25) is 0 Å². The third-order valence-corrected chi connectivity index (χ3v) is 5.04. The Kier molecular flexibility index (Phi) is 3.46. The molecule has 1 fully saturated rings. The molecule has 1 saturated heterocycles. The number of nitrogens with one attached hydrogen (secondary N) is 1. The van der Waals surface area contributed by atoms with Crippen LogP contribution in [0.15, 0.2) is 18.6 Å². The highest BCUT2D eigenvalue weighted by atomic mass is 32.1. The molecule has 0 aromatic carbocycles. The van der Waals surface area contributed by atoms with Crippen molar-refractivity contribution in [2.45, 2.75) is 45.7 Å². The van der Waals surface area contributed by atoms with Gasteiger partial charge in [0, 0.05) is 22.0 Å². The maximum absolute atomic E-state index is 4.38.